The van der Waals surface area contributed by atoms with Crippen molar-refractivity contribution in [2.45, 2.75) is 44.6 Å². The van der Waals surface area contributed by atoms with Gasteiger partial charge in [0.25, 0.3) is 5.91 Å². The molecule has 0 bridgehead atoms. The van der Waals surface area contributed by atoms with Gasteiger partial charge in [0.2, 0.25) is 5.91 Å². The molecule has 0 radical (unpaired) electrons. The molecule has 1 spiro atoms. The Kier molecular flexibility index (Phi) is 4.89. The zero-order valence-corrected chi connectivity index (χ0v) is 14.2. The Balaban J connectivity index is 1.58. The molecule has 7 nitrogen and oxygen atoms in total. The van der Waals surface area contributed by atoms with Crippen LogP contribution < -0.4 is 16.0 Å². The van der Waals surface area contributed by atoms with E-state index in [1.54, 1.807) is 0 Å². The highest BCUT2D eigenvalue weighted by atomic mass is 16.2. The van der Waals surface area contributed by atoms with Crippen LogP contribution in [0.15, 0.2) is 11.6 Å². The molecule has 132 valence electrons. The fourth-order valence-electron chi connectivity index (χ4n) is 3.88. The van der Waals surface area contributed by atoms with E-state index < -0.39 is 11.6 Å². The Labute approximate surface area is 142 Å². The van der Waals surface area contributed by atoms with Gasteiger partial charge in [0.1, 0.15) is 12.1 Å². The molecule has 4 amide bonds. The third-order valence-electron chi connectivity index (χ3n) is 5.47. The van der Waals surface area contributed by atoms with E-state index in [1.807, 2.05) is 6.92 Å². The van der Waals surface area contributed by atoms with E-state index in [2.05, 4.69) is 22.0 Å². The second-order valence-corrected chi connectivity index (χ2v) is 7.03. The highest BCUT2D eigenvalue weighted by molar-refractivity contribution is 6.09. The lowest BCUT2D eigenvalue weighted by molar-refractivity contribution is -0.137. The van der Waals surface area contributed by atoms with E-state index in [-0.39, 0.29) is 24.3 Å². The summed E-state index contributed by atoms with van der Waals surface area (Å²) < 4.78 is 0. The summed E-state index contributed by atoms with van der Waals surface area (Å²) in [6, 6.07) is -0.440. The minimum absolute atomic E-state index is 0.107. The van der Waals surface area contributed by atoms with Crippen LogP contribution in [-0.2, 0) is 9.59 Å². The SMILES string of the molecule is CC1CCCCC12NC(=O)N(CC(=O)NCC1=CCNCC1)C2=O. The van der Waals surface area contributed by atoms with Gasteiger partial charge in [-0.15, -0.1) is 0 Å². The Bertz CT molecular complexity index is 574. The van der Waals surface area contributed by atoms with Crippen molar-refractivity contribution in [3.8, 4) is 0 Å². The summed E-state index contributed by atoms with van der Waals surface area (Å²) >= 11 is 0. The van der Waals surface area contributed by atoms with Gasteiger partial charge in [0.15, 0.2) is 0 Å². The standard InChI is InChI=1S/C17H26N4O3/c1-12-4-2-3-7-17(12)15(23)21(16(24)20-17)11-14(22)19-10-13-5-8-18-9-6-13/h5,12,18H,2-4,6-11H2,1H3,(H,19,22)(H,20,24). The first kappa shape index (κ1) is 17.0. The van der Waals surface area contributed by atoms with Crippen molar-refractivity contribution in [3.63, 3.8) is 0 Å². The molecule has 3 N–H and O–H groups in total. The second kappa shape index (κ2) is 6.93. The van der Waals surface area contributed by atoms with Crippen LogP contribution >= 0.6 is 0 Å². The number of carbonyl (C=O) groups is 3. The largest absolute Gasteiger partial charge is 0.351 e. The number of carbonyl (C=O) groups excluding carboxylic acids is 3. The van der Waals surface area contributed by atoms with E-state index in [9.17, 15) is 14.4 Å². The van der Waals surface area contributed by atoms with Crippen molar-refractivity contribution in [2.24, 2.45) is 5.92 Å². The molecule has 2 unspecified atom stereocenters. The summed E-state index contributed by atoms with van der Waals surface area (Å²) in [4.78, 5) is 38.3. The molecule has 2 aliphatic heterocycles. The van der Waals surface area contributed by atoms with Crippen LogP contribution in [0.4, 0.5) is 4.79 Å². The van der Waals surface area contributed by atoms with Crippen LogP contribution in [0, 0.1) is 5.92 Å². The van der Waals surface area contributed by atoms with Crippen molar-refractivity contribution in [2.75, 3.05) is 26.2 Å². The van der Waals surface area contributed by atoms with Crippen LogP contribution in [0.2, 0.25) is 0 Å². The van der Waals surface area contributed by atoms with Gasteiger partial charge in [-0.25, -0.2) is 4.79 Å². The van der Waals surface area contributed by atoms with Crippen LogP contribution in [-0.4, -0.2) is 54.5 Å². The molecule has 2 atom stereocenters. The zero-order valence-electron chi connectivity index (χ0n) is 14.2. The van der Waals surface area contributed by atoms with Crippen molar-refractivity contribution in [1.29, 1.82) is 0 Å². The van der Waals surface area contributed by atoms with E-state index >= 15 is 0 Å². The molecule has 1 aliphatic carbocycles. The topological polar surface area (TPSA) is 90.5 Å². The molecule has 1 saturated carbocycles. The van der Waals surface area contributed by atoms with Gasteiger partial charge < -0.3 is 16.0 Å². The first-order chi connectivity index (χ1) is 11.5. The van der Waals surface area contributed by atoms with Crippen LogP contribution in [0.25, 0.3) is 0 Å². The maximum atomic E-state index is 12.8. The molecular formula is C17H26N4O3. The number of imide groups is 1. The lowest BCUT2D eigenvalue weighted by Crippen LogP contribution is -2.54. The molecule has 3 aliphatic rings. The normalized spacial score (nSPS) is 30.3. The van der Waals surface area contributed by atoms with Crippen molar-refractivity contribution in [3.05, 3.63) is 11.6 Å². The van der Waals surface area contributed by atoms with E-state index in [1.165, 1.54) is 5.57 Å². The number of nitrogens with one attached hydrogen (secondary N) is 3. The van der Waals surface area contributed by atoms with E-state index in [0.29, 0.717) is 13.0 Å². The smallest absolute Gasteiger partial charge is 0.325 e. The molecule has 3 rings (SSSR count). The summed E-state index contributed by atoms with van der Waals surface area (Å²) in [5, 5.41) is 8.90. The number of nitrogens with zero attached hydrogens (tertiary/aromatic N) is 1. The number of urea groups is 1. The van der Waals surface area contributed by atoms with Crippen molar-refractivity contribution >= 4 is 17.8 Å². The number of rotatable bonds is 4. The van der Waals surface area contributed by atoms with Crippen LogP contribution in [0.3, 0.4) is 0 Å². The predicted molar refractivity (Wildman–Crippen MR) is 89.2 cm³/mol. The minimum Gasteiger partial charge on any atom is -0.351 e. The number of amides is 4. The first-order valence-corrected chi connectivity index (χ1v) is 8.82. The highest BCUT2D eigenvalue weighted by Gasteiger charge is 2.55. The second-order valence-electron chi connectivity index (χ2n) is 7.03. The summed E-state index contributed by atoms with van der Waals surface area (Å²) in [5.74, 6) is -0.426. The maximum absolute atomic E-state index is 12.8. The van der Waals surface area contributed by atoms with Gasteiger partial charge >= 0.3 is 6.03 Å². The van der Waals surface area contributed by atoms with Gasteiger partial charge in [0, 0.05) is 13.1 Å². The Morgan fingerprint density at radius 3 is 2.96 bits per heavy atom. The van der Waals surface area contributed by atoms with E-state index in [0.717, 1.165) is 43.7 Å². The molecule has 0 aromatic rings. The number of hydrogen-bond acceptors (Lipinski definition) is 4. The lowest BCUT2D eigenvalue weighted by atomic mass is 9.73. The average Bonchev–Trinajstić information content (AvgIpc) is 2.82. The fraction of sp³-hybridized carbons (Fsp3) is 0.706. The molecule has 2 fully saturated rings. The average molecular weight is 334 g/mol. The molecule has 7 heteroatoms. The van der Waals surface area contributed by atoms with Gasteiger partial charge in [-0.2, -0.15) is 0 Å². The summed E-state index contributed by atoms with van der Waals surface area (Å²) in [7, 11) is 0. The lowest BCUT2D eigenvalue weighted by Gasteiger charge is -2.36. The van der Waals surface area contributed by atoms with Gasteiger partial charge in [-0.1, -0.05) is 31.4 Å². The molecule has 0 aromatic heterocycles. The Morgan fingerprint density at radius 1 is 1.42 bits per heavy atom. The van der Waals surface area contributed by atoms with Gasteiger partial charge in [-0.05, 0) is 31.7 Å². The summed E-state index contributed by atoms with van der Waals surface area (Å²) in [6.07, 6.45) is 6.57. The van der Waals surface area contributed by atoms with Gasteiger partial charge in [-0.3, -0.25) is 14.5 Å². The highest BCUT2D eigenvalue weighted by Crippen LogP contribution is 2.38. The third kappa shape index (κ3) is 3.17. The van der Waals surface area contributed by atoms with Crippen molar-refractivity contribution in [1.82, 2.24) is 20.9 Å². The van der Waals surface area contributed by atoms with Crippen LogP contribution in [0.1, 0.15) is 39.0 Å². The molecule has 0 aromatic carbocycles. The summed E-state index contributed by atoms with van der Waals surface area (Å²) in [6.45, 7) is 4.01. The predicted octanol–water partition coefficient (Wildman–Crippen LogP) is 0.523. The molecule has 1 saturated heterocycles. The van der Waals surface area contributed by atoms with E-state index in [4.69, 9.17) is 0 Å². The monoisotopic (exact) mass is 334 g/mol. The molecule has 2 heterocycles. The minimum atomic E-state index is -0.798. The molecule has 24 heavy (non-hydrogen) atoms. The fourth-order valence-corrected chi connectivity index (χ4v) is 3.88. The summed E-state index contributed by atoms with van der Waals surface area (Å²) in [5.41, 5.74) is 0.379. The van der Waals surface area contributed by atoms with Crippen molar-refractivity contribution < 1.29 is 14.4 Å². The Morgan fingerprint density at radius 2 is 2.25 bits per heavy atom. The zero-order chi connectivity index (χ0) is 17.2. The van der Waals surface area contributed by atoms with Gasteiger partial charge in [0.05, 0.1) is 0 Å². The quantitative estimate of drug-likeness (QED) is 0.516. The Hall–Kier alpha value is -1.89. The maximum Gasteiger partial charge on any atom is 0.325 e. The third-order valence-corrected chi connectivity index (χ3v) is 5.47. The van der Waals surface area contributed by atoms with Crippen LogP contribution in [0.5, 0.6) is 0 Å². The first-order valence-electron chi connectivity index (χ1n) is 8.82. The number of hydrogen-bond donors (Lipinski definition) is 3. The molecular weight excluding hydrogens is 308 g/mol.